The van der Waals surface area contributed by atoms with Gasteiger partial charge in [0.25, 0.3) is 0 Å². The maximum Gasteiger partial charge on any atom is 0.150 e. The summed E-state index contributed by atoms with van der Waals surface area (Å²) in [6.07, 6.45) is 2.04. The standard InChI is InChI=1S/C13H18N2OS2/c1-13(2,8-16)7-14-9-4-5-10-11(6-9)18-12(15-10)17-3/h4-6,14,16H,7-8H2,1-3H3. The van der Waals surface area contributed by atoms with E-state index in [1.54, 1.807) is 23.1 Å². The van der Waals surface area contributed by atoms with Crippen molar-refractivity contribution in [3.05, 3.63) is 18.2 Å². The zero-order chi connectivity index (χ0) is 13.2. The van der Waals surface area contributed by atoms with E-state index in [0.717, 1.165) is 22.1 Å². The molecule has 0 unspecified atom stereocenters. The molecule has 1 aromatic heterocycles. The van der Waals surface area contributed by atoms with Crippen molar-refractivity contribution in [1.82, 2.24) is 4.98 Å². The molecule has 0 amide bonds. The summed E-state index contributed by atoms with van der Waals surface area (Å²) in [5.41, 5.74) is 2.03. The number of thioether (sulfide) groups is 1. The minimum Gasteiger partial charge on any atom is -0.396 e. The molecule has 3 nitrogen and oxygen atoms in total. The molecule has 0 fully saturated rings. The summed E-state index contributed by atoms with van der Waals surface area (Å²) in [5, 5.41) is 12.6. The van der Waals surface area contributed by atoms with Crippen LogP contribution in [0.5, 0.6) is 0 Å². The van der Waals surface area contributed by atoms with Gasteiger partial charge in [0.2, 0.25) is 0 Å². The zero-order valence-corrected chi connectivity index (χ0v) is 12.5. The van der Waals surface area contributed by atoms with E-state index in [-0.39, 0.29) is 12.0 Å². The van der Waals surface area contributed by atoms with Crippen LogP contribution >= 0.6 is 23.1 Å². The lowest BCUT2D eigenvalue weighted by molar-refractivity contribution is 0.171. The summed E-state index contributed by atoms with van der Waals surface area (Å²) >= 11 is 3.39. The maximum atomic E-state index is 9.23. The van der Waals surface area contributed by atoms with Crippen LogP contribution in [0, 0.1) is 5.41 Å². The molecule has 0 aliphatic carbocycles. The Balaban J connectivity index is 2.14. The smallest absolute Gasteiger partial charge is 0.150 e. The van der Waals surface area contributed by atoms with Crippen LogP contribution in [0.3, 0.4) is 0 Å². The molecule has 0 saturated heterocycles. The number of fused-ring (bicyclic) bond motifs is 1. The highest BCUT2D eigenvalue weighted by molar-refractivity contribution is 8.00. The van der Waals surface area contributed by atoms with Crippen LogP contribution in [-0.2, 0) is 0 Å². The average molecular weight is 282 g/mol. The Kier molecular flexibility index (Phi) is 4.14. The van der Waals surface area contributed by atoms with Gasteiger partial charge in [-0.2, -0.15) is 0 Å². The summed E-state index contributed by atoms with van der Waals surface area (Å²) in [5.74, 6) is 0. The van der Waals surface area contributed by atoms with E-state index < -0.39 is 0 Å². The molecule has 0 aliphatic rings. The van der Waals surface area contributed by atoms with Gasteiger partial charge in [0.1, 0.15) is 0 Å². The van der Waals surface area contributed by atoms with Crippen LogP contribution in [0.4, 0.5) is 5.69 Å². The first-order valence-corrected chi connectivity index (χ1v) is 7.87. The van der Waals surface area contributed by atoms with Gasteiger partial charge in [-0.1, -0.05) is 25.6 Å². The third-order valence-electron chi connectivity index (χ3n) is 2.74. The molecule has 0 spiro atoms. The zero-order valence-electron chi connectivity index (χ0n) is 10.9. The van der Waals surface area contributed by atoms with Crippen molar-refractivity contribution in [3.63, 3.8) is 0 Å². The Hall–Kier alpha value is -0.780. The van der Waals surface area contributed by atoms with Crippen LogP contribution in [0.25, 0.3) is 10.2 Å². The number of anilines is 1. The minimum atomic E-state index is -0.104. The number of nitrogens with zero attached hydrogens (tertiary/aromatic N) is 1. The molecule has 0 bridgehead atoms. The van der Waals surface area contributed by atoms with Gasteiger partial charge in [-0.05, 0) is 24.5 Å². The Bertz CT molecular complexity index is 537. The Morgan fingerprint density at radius 2 is 2.22 bits per heavy atom. The summed E-state index contributed by atoms with van der Waals surface area (Å²) < 4.78 is 2.30. The Labute approximate surface area is 116 Å². The van der Waals surface area contributed by atoms with Crippen LogP contribution in [-0.4, -0.2) is 29.5 Å². The van der Waals surface area contributed by atoms with Gasteiger partial charge in [-0.3, -0.25) is 0 Å². The number of aliphatic hydroxyl groups is 1. The molecule has 0 radical (unpaired) electrons. The molecule has 2 N–H and O–H groups in total. The third-order valence-corrected chi connectivity index (χ3v) is 4.75. The molecule has 0 atom stereocenters. The maximum absolute atomic E-state index is 9.23. The predicted molar refractivity (Wildman–Crippen MR) is 80.8 cm³/mol. The molecule has 1 aromatic carbocycles. The molecule has 2 rings (SSSR count). The highest BCUT2D eigenvalue weighted by atomic mass is 32.2. The Morgan fingerprint density at radius 3 is 2.89 bits per heavy atom. The van der Waals surface area contributed by atoms with Gasteiger partial charge in [-0.15, -0.1) is 11.3 Å². The van der Waals surface area contributed by atoms with Crippen molar-refractivity contribution in [1.29, 1.82) is 0 Å². The second-order valence-electron chi connectivity index (χ2n) is 5.04. The fourth-order valence-corrected chi connectivity index (χ4v) is 3.03. The Morgan fingerprint density at radius 1 is 1.44 bits per heavy atom. The number of aromatic nitrogens is 1. The van der Waals surface area contributed by atoms with Crippen molar-refractivity contribution < 1.29 is 5.11 Å². The minimum absolute atomic E-state index is 0.104. The van der Waals surface area contributed by atoms with Gasteiger partial charge in [0.05, 0.1) is 10.2 Å². The van der Waals surface area contributed by atoms with Gasteiger partial charge in [0, 0.05) is 24.3 Å². The molecule has 98 valence electrons. The van der Waals surface area contributed by atoms with Crippen LogP contribution in [0.1, 0.15) is 13.8 Å². The SMILES string of the molecule is CSc1nc2ccc(NCC(C)(C)CO)cc2s1. The fourth-order valence-electron chi connectivity index (χ4n) is 1.50. The van der Waals surface area contributed by atoms with E-state index >= 15 is 0 Å². The average Bonchev–Trinajstić information content (AvgIpc) is 2.78. The van der Waals surface area contributed by atoms with Crippen LogP contribution < -0.4 is 5.32 Å². The summed E-state index contributed by atoms with van der Waals surface area (Å²) in [6.45, 7) is 5.01. The first kappa shape index (κ1) is 13.6. The third kappa shape index (κ3) is 3.16. The monoisotopic (exact) mass is 282 g/mol. The van der Waals surface area contributed by atoms with E-state index in [0.29, 0.717) is 0 Å². The van der Waals surface area contributed by atoms with E-state index in [4.69, 9.17) is 0 Å². The molecule has 1 heterocycles. The van der Waals surface area contributed by atoms with Crippen molar-refractivity contribution in [2.75, 3.05) is 24.7 Å². The summed E-state index contributed by atoms with van der Waals surface area (Å²) in [6, 6.07) is 6.21. The van der Waals surface area contributed by atoms with Gasteiger partial charge < -0.3 is 10.4 Å². The summed E-state index contributed by atoms with van der Waals surface area (Å²) in [7, 11) is 0. The van der Waals surface area contributed by atoms with E-state index in [2.05, 4.69) is 16.4 Å². The number of aliphatic hydroxyl groups excluding tert-OH is 1. The quantitative estimate of drug-likeness (QED) is 0.825. The second-order valence-corrected chi connectivity index (χ2v) is 7.13. The highest BCUT2D eigenvalue weighted by Gasteiger charge is 2.15. The first-order valence-electron chi connectivity index (χ1n) is 5.83. The van der Waals surface area contributed by atoms with Crippen molar-refractivity contribution in [2.45, 2.75) is 18.2 Å². The van der Waals surface area contributed by atoms with Gasteiger partial charge in [0.15, 0.2) is 4.34 Å². The highest BCUT2D eigenvalue weighted by Crippen LogP contribution is 2.30. The summed E-state index contributed by atoms with van der Waals surface area (Å²) in [4.78, 5) is 4.51. The van der Waals surface area contributed by atoms with Crippen molar-refractivity contribution in [3.8, 4) is 0 Å². The van der Waals surface area contributed by atoms with E-state index in [1.165, 1.54) is 4.70 Å². The van der Waals surface area contributed by atoms with Crippen LogP contribution in [0.15, 0.2) is 22.5 Å². The number of hydrogen-bond acceptors (Lipinski definition) is 5. The number of benzene rings is 1. The first-order chi connectivity index (χ1) is 8.54. The molecule has 2 aromatic rings. The number of hydrogen-bond donors (Lipinski definition) is 2. The van der Waals surface area contributed by atoms with Gasteiger partial charge >= 0.3 is 0 Å². The van der Waals surface area contributed by atoms with Crippen LogP contribution in [0.2, 0.25) is 0 Å². The number of rotatable bonds is 5. The topological polar surface area (TPSA) is 45.2 Å². The lowest BCUT2D eigenvalue weighted by atomic mass is 9.95. The lowest BCUT2D eigenvalue weighted by Crippen LogP contribution is -2.26. The van der Waals surface area contributed by atoms with Crippen molar-refractivity contribution in [2.24, 2.45) is 5.41 Å². The predicted octanol–water partition coefficient (Wildman–Crippen LogP) is 3.45. The normalized spacial score (nSPS) is 12.0. The molecular weight excluding hydrogens is 264 g/mol. The van der Waals surface area contributed by atoms with Crippen molar-refractivity contribution >= 4 is 39.0 Å². The second kappa shape index (κ2) is 5.47. The molecule has 0 saturated carbocycles. The molecular formula is C13H18N2OS2. The lowest BCUT2D eigenvalue weighted by Gasteiger charge is -2.22. The van der Waals surface area contributed by atoms with Gasteiger partial charge in [-0.25, -0.2) is 4.98 Å². The molecule has 18 heavy (non-hydrogen) atoms. The largest absolute Gasteiger partial charge is 0.396 e. The van der Waals surface area contributed by atoms with E-state index in [9.17, 15) is 5.11 Å². The number of thiazole rings is 1. The number of nitrogens with one attached hydrogen (secondary N) is 1. The fraction of sp³-hybridized carbons (Fsp3) is 0.462. The molecule has 5 heteroatoms. The van der Waals surface area contributed by atoms with E-state index in [1.807, 2.05) is 32.2 Å². The molecule has 0 aliphatic heterocycles.